The highest BCUT2D eigenvalue weighted by Gasteiger charge is 2.01. The number of non-ortho nitro benzene ring substituents is 1. The van der Waals surface area contributed by atoms with E-state index in [1.54, 1.807) is 12.1 Å². The number of nitro benzene ring substituents is 1. The van der Waals surface area contributed by atoms with Crippen LogP contribution in [0.4, 0.5) is 5.69 Å². The summed E-state index contributed by atoms with van der Waals surface area (Å²) in [5.41, 5.74) is 0.953. The van der Waals surface area contributed by atoms with Crippen LogP contribution in [0.15, 0.2) is 24.3 Å². The molecule has 0 saturated carbocycles. The van der Waals surface area contributed by atoms with Crippen LogP contribution in [-0.4, -0.2) is 4.92 Å². The van der Waals surface area contributed by atoms with Gasteiger partial charge in [-0.1, -0.05) is 44.4 Å². The largest absolute Gasteiger partial charge is 0.269 e. The molecule has 0 fully saturated rings. The number of unbranched alkanes of at least 4 members (excludes halogenated alkanes) is 5. The second-order valence-corrected chi connectivity index (χ2v) is 4.27. The molecule has 1 aromatic rings. The molecule has 1 aromatic carbocycles. The van der Waals surface area contributed by atoms with E-state index in [0.29, 0.717) is 0 Å². The normalized spacial score (nSPS) is 9.61. The minimum Gasteiger partial charge on any atom is -0.258 e. The molecule has 0 spiro atoms. The lowest BCUT2D eigenvalue weighted by Crippen LogP contribution is -1.86. The minimum absolute atomic E-state index is 0.111. The fraction of sp³-hybridized carbons (Fsp3) is 0.467. The third-order valence-corrected chi connectivity index (χ3v) is 2.72. The SMILES string of the molecule is CCCCCCCC#Cc1ccc([N+](=O)[O-])cc1. The van der Waals surface area contributed by atoms with E-state index in [2.05, 4.69) is 18.8 Å². The molecule has 0 aromatic heterocycles. The van der Waals surface area contributed by atoms with E-state index in [0.717, 1.165) is 18.4 Å². The average molecular weight is 245 g/mol. The molecule has 0 atom stereocenters. The Morgan fingerprint density at radius 3 is 2.39 bits per heavy atom. The molecule has 3 heteroatoms. The second kappa shape index (κ2) is 8.30. The van der Waals surface area contributed by atoms with Gasteiger partial charge in [-0.3, -0.25) is 10.1 Å². The number of benzene rings is 1. The maximum absolute atomic E-state index is 10.5. The van der Waals surface area contributed by atoms with Crippen LogP contribution in [0.3, 0.4) is 0 Å². The van der Waals surface area contributed by atoms with Crippen LogP contribution in [0, 0.1) is 22.0 Å². The molecule has 3 nitrogen and oxygen atoms in total. The summed E-state index contributed by atoms with van der Waals surface area (Å²) in [6.45, 7) is 2.20. The van der Waals surface area contributed by atoms with Crippen molar-refractivity contribution in [1.82, 2.24) is 0 Å². The summed E-state index contributed by atoms with van der Waals surface area (Å²) in [5, 5.41) is 10.5. The molecular formula is C15H19NO2. The van der Waals surface area contributed by atoms with Gasteiger partial charge in [-0.15, -0.1) is 0 Å². The van der Waals surface area contributed by atoms with Crippen LogP contribution in [-0.2, 0) is 0 Å². The van der Waals surface area contributed by atoms with E-state index >= 15 is 0 Å². The molecule has 0 amide bonds. The minimum atomic E-state index is -0.398. The summed E-state index contributed by atoms with van der Waals surface area (Å²) < 4.78 is 0. The zero-order chi connectivity index (χ0) is 13.2. The molecule has 96 valence electrons. The summed E-state index contributed by atoms with van der Waals surface area (Å²) in [7, 11) is 0. The number of nitro groups is 1. The van der Waals surface area contributed by atoms with Gasteiger partial charge in [-0.2, -0.15) is 0 Å². The summed E-state index contributed by atoms with van der Waals surface area (Å²) in [6, 6.07) is 6.38. The Hall–Kier alpha value is -1.82. The van der Waals surface area contributed by atoms with Crippen LogP contribution < -0.4 is 0 Å². The first-order valence-corrected chi connectivity index (χ1v) is 6.47. The van der Waals surface area contributed by atoms with Crippen LogP contribution in [0.1, 0.15) is 51.0 Å². The van der Waals surface area contributed by atoms with Crippen molar-refractivity contribution < 1.29 is 4.92 Å². The topological polar surface area (TPSA) is 43.1 Å². The fourth-order valence-electron chi connectivity index (χ4n) is 1.65. The summed E-state index contributed by atoms with van der Waals surface area (Å²) >= 11 is 0. The molecular weight excluding hydrogens is 226 g/mol. The molecule has 0 unspecified atom stereocenters. The molecule has 0 bridgehead atoms. The molecule has 0 N–H and O–H groups in total. The van der Waals surface area contributed by atoms with E-state index in [1.807, 2.05) is 0 Å². The maximum atomic E-state index is 10.5. The standard InChI is InChI=1S/C15H19NO2/c1-2-3-4-5-6-7-8-9-14-10-12-15(13-11-14)16(17)18/h10-13H,2-7H2,1H3. The zero-order valence-electron chi connectivity index (χ0n) is 10.8. The lowest BCUT2D eigenvalue weighted by molar-refractivity contribution is -0.384. The van der Waals surface area contributed by atoms with E-state index in [9.17, 15) is 10.1 Å². The van der Waals surface area contributed by atoms with Gasteiger partial charge in [-0.05, 0) is 18.6 Å². The number of rotatable bonds is 6. The van der Waals surface area contributed by atoms with Crippen molar-refractivity contribution in [3.63, 3.8) is 0 Å². The van der Waals surface area contributed by atoms with Crippen LogP contribution >= 0.6 is 0 Å². The average Bonchev–Trinajstić information content (AvgIpc) is 2.38. The van der Waals surface area contributed by atoms with Crippen molar-refractivity contribution >= 4 is 5.69 Å². The highest BCUT2D eigenvalue weighted by molar-refractivity contribution is 5.40. The van der Waals surface area contributed by atoms with Gasteiger partial charge in [0.2, 0.25) is 0 Å². The monoisotopic (exact) mass is 245 g/mol. The molecule has 1 rings (SSSR count). The molecule has 0 aliphatic rings. The second-order valence-electron chi connectivity index (χ2n) is 4.27. The van der Waals surface area contributed by atoms with Crippen molar-refractivity contribution in [2.75, 3.05) is 0 Å². The van der Waals surface area contributed by atoms with Crippen LogP contribution in [0.25, 0.3) is 0 Å². The number of hydrogen-bond acceptors (Lipinski definition) is 2. The molecule has 0 aliphatic heterocycles. The highest BCUT2D eigenvalue weighted by Crippen LogP contribution is 2.11. The Labute approximate surface area is 108 Å². The van der Waals surface area contributed by atoms with Gasteiger partial charge in [0.1, 0.15) is 0 Å². The molecule has 0 aliphatic carbocycles. The summed E-state index contributed by atoms with van der Waals surface area (Å²) in [4.78, 5) is 10.1. The predicted octanol–water partition coefficient (Wildman–Crippen LogP) is 4.31. The van der Waals surface area contributed by atoms with Gasteiger partial charge in [0.05, 0.1) is 4.92 Å². The summed E-state index contributed by atoms with van der Waals surface area (Å²) in [5.74, 6) is 6.14. The highest BCUT2D eigenvalue weighted by atomic mass is 16.6. The van der Waals surface area contributed by atoms with Crippen molar-refractivity contribution in [2.24, 2.45) is 0 Å². The molecule has 18 heavy (non-hydrogen) atoms. The van der Waals surface area contributed by atoms with E-state index in [1.165, 1.54) is 37.8 Å². The molecule has 0 heterocycles. The smallest absolute Gasteiger partial charge is 0.258 e. The third kappa shape index (κ3) is 5.49. The van der Waals surface area contributed by atoms with Gasteiger partial charge in [0, 0.05) is 24.1 Å². The van der Waals surface area contributed by atoms with E-state index in [4.69, 9.17) is 0 Å². The van der Waals surface area contributed by atoms with Crippen LogP contribution in [0.2, 0.25) is 0 Å². The zero-order valence-corrected chi connectivity index (χ0v) is 10.8. The van der Waals surface area contributed by atoms with Crippen LogP contribution in [0.5, 0.6) is 0 Å². The Kier molecular flexibility index (Phi) is 6.56. The first-order valence-electron chi connectivity index (χ1n) is 6.47. The quantitative estimate of drug-likeness (QED) is 0.324. The molecule has 0 saturated heterocycles. The lowest BCUT2D eigenvalue weighted by atomic mass is 10.1. The lowest BCUT2D eigenvalue weighted by Gasteiger charge is -1.94. The van der Waals surface area contributed by atoms with Gasteiger partial charge in [0.15, 0.2) is 0 Å². The van der Waals surface area contributed by atoms with Gasteiger partial charge < -0.3 is 0 Å². The maximum Gasteiger partial charge on any atom is 0.269 e. The van der Waals surface area contributed by atoms with Crippen molar-refractivity contribution in [3.8, 4) is 11.8 Å². The number of nitrogens with zero attached hydrogens (tertiary/aromatic N) is 1. The fourth-order valence-corrected chi connectivity index (χ4v) is 1.65. The first kappa shape index (κ1) is 14.2. The van der Waals surface area contributed by atoms with E-state index < -0.39 is 4.92 Å². The Bertz CT molecular complexity index is 426. The molecule has 0 radical (unpaired) electrons. The summed E-state index contributed by atoms with van der Waals surface area (Å²) in [6.07, 6.45) is 7.13. The van der Waals surface area contributed by atoms with Crippen molar-refractivity contribution in [3.05, 3.63) is 39.9 Å². The predicted molar refractivity (Wildman–Crippen MR) is 73.4 cm³/mol. The van der Waals surface area contributed by atoms with Gasteiger partial charge in [-0.25, -0.2) is 0 Å². The first-order chi connectivity index (χ1) is 8.74. The Balaban J connectivity index is 2.32. The Morgan fingerprint density at radius 1 is 1.11 bits per heavy atom. The van der Waals surface area contributed by atoms with Crippen molar-refractivity contribution in [2.45, 2.75) is 45.4 Å². The number of hydrogen-bond donors (Lipinski definition) is 0. The van der Waals surface area contributed by atoms with E-state index in [-0.39, 0.29) is 5.69 Å². The van der Waals surface area contributed by atoms with Gasteiger partial charge >= 0.3 is 0 Å². The Morgan fingerprint density at radius 2 is 1.78 bits per heavy atom. The van der Waals surface area contributed by atoms with Gasteiger partial charge in [0.25, 0.3) is 5.69 Å². The van der Waals surface area contributed by atoms with Crippen molar-refractivity contribution in [1.29, 1.82) is 0 Å². The third-order valence-electron chi connectivity index (χ3n) is 2.72.